The number of thiazole rings is 1. The van der Waals surface area contributed by atoms with E-state index in [4.69, 9.17) is 0 Å². The topological polar surface area (TPSA) is 53.4 Å². The number of carboxylic acids is 1. The van der Waals surface area contributed by atoms with E-state index in [1.807, 2.05) is 25.7 Å². The van der Waals surface area contributed by atoms with Crippen molar-refractivity contribution in [2.24, 2.45) is 0 Å². The van der Waals surface area contributed by atoms with Crippen molar-refractivity contribution < 1.29 is 9.90 Å². The highest BCUT2D eigenvalue weighted by Crippen LogP contribution is 2.34. The second-order valence-corrected chi connectivity index (χ2v) is 7.08. The third-order valence-electron chi connectivity index (χ3n) is 3.67. The highest BCUT2D eigenvalue weighted by Gasteiger charge is 2.26. The first-order valence-corrected chi connectivity index (χ1v) is 8.56. The Kier molecular flexibility index (Phi) is 4.73. The zero-order chi connectivity index (χ0) is 14.0. The average molecular weight is 300 g/mol. The van der Waals surface area contributed by atoms with E-state index in [2.05, 4.69) is 16.8 Å². The first-order chi connectivity index (χ1) is 9.04. The van der Waals surface area contributed by atoms with E-state index in [1.165, 1.54) is 17.1 Å². The van der Waals surface area contributed by atoms with Crippen LogP contribution in [-0.4, -0.2) is 40.7 Å². The zero-order valence-electron chi connectivity index (χ0n) is 11.5. The zero-order valence-corrected chi connectivity index (χ0v) is 13.2. The molecule has 0 amide bonds. The molecular formula is C13H20N2O2S2. The molecule has 0 spiro atoms. The molecule has 6 heteroatoms. The summed E-state index contributed by atoms with van der Waals surface area (Å²) >= 11 is 3.26. The Morgan fingerprint density at radius 1 is 1.63 bits per heavy atom. The third kappa shape index (κ3) is 3.05. The fourth-order valence-corrected chi connectivity index (χ4v) is 4.46. The predicted molar refractivity (Wildman–Crippen MR) is 81.9 cm³/mol. The molecule has 2 heterocycles. The molecule has 2 rings (SSSR count). The molecule has 1 N–H and O–H groups in total. The molecule has 0 aromatic carbocycles. The molecule has 0 bridgehead atoms. The van der Waals surface area contributed by atoms with Crippen molar-refractivity contribution in [3.8, 4) is 0 Å². The number of carbonyl (C=O) groups is 1. The Labute approximate surface area is 122 Å². The maximum atomic E-state index is 11.3. The van der Waals surface area contributed by atoms with Gasteiger partial charge in [-0.25, -0.2) is 9.78 Å². The normalized spacial score (nSPS) is 20.5. The molecule has 4 nitrogen and oxygen atoms in total. The highest BCUT2D eigenvalue weighted by atomic mass is 32.2. The molecule has 19 heavy (non-hydrogen) atoms. The van der Waals surface area contributed by atoms with E-state index in [0.29, 0.717) is 10.9 Å². The fourth-order valence-electron chi connectivity index (χ4n) is 2.14. The number of anilines is 1. The number of hydrogen-bond acceptors (Lipinski definition) is 5. The van der Waals surface area contributed by atoms with E-state index in [0.717, 1.165) is 29.4 Å². The van der Waals surface area contributed by atoms with E-state index >= 15 is 0 Å². The number of thioether (sulfide) groups is 1. The van der Waals surface area contributed by atoms with Crippen molar-refractivity contribution in [2.75, 3.05) is 23.5 Å². The van der Waals surface area contributed by atoms with Gasteiger partial charge in [-0.15, -0.1) is 0 Å². The maximum absolute atomic E-state index is 11.3. The Balaban J connectivity index is 2.28. The van der Waals surface area contributed by atoms with Crippen molar-refractivity contribution in [1.82, 2.24) is 4.98 Å². The molecule has 0 radical (unpaired) electrons. The Morgan fingerprint density at radius 3 is 2.89 bits per heavy atom. The van der Waals surface area contributed by atoms with Gasteiger partial charge < -0.3 is 10.0 Å². The van der Waals surface area contributed by atoms with Crippen LogP contribution in [0.2, 0.25) is 0 Å². The molecule has 2 atom stereocenters. The summed E-state index contributed by atoms with van der Waals surface area (Å²) in [7, 11) is 2.03. The van der Waals surface area contributed by atoms with E-state index < -0.39 is 5.97 Å². The molecule has 106 valence electrons. The van der Waals surface area contributed by atoms with Gasteiger partial charge in [0.05, 0.1) is 5.69 Å². The monoisotopic (exact) mass is 300 g/mol. The van der Waals surface area contributed by atoms with Crippen LogP contribution in [0.25, 0.3) is 0 Å². The van der Waals surface area contributed by atoms with Crippen molar-refractivity contribution in [3.63, 3.8) is 0 Å². The lowest BCUT2D eigenvalue weighted by molar-refractivity contribution is 0.0700. The molecule has 1 saturated heterocycles. The summed E-state index contributed by atoms with van der Waals surface area (Å²) < 4.78 is 0. The second-order valence-electron chi connectivity index (χ2n) is 4.95. The lowest BCUT2D eigenvalue weighted by Crippen LogP contribution is -2.31. The molecule has 1 aliphatic rings. The minimum absolute atomic E-state index is 0.197. The molecule has 1 fully saturated rings. The van der Waals surface area contributed by atoms with Gasteiger partial charge in [-0.1, -0.05) is 25.2 Å². The fraction of sp³-hybridized carbons (Fsp3) is 0.692. The van der Waals surface area contributed by atoms with Crippen LogP contribution >= 0.6 is 23.1 Å². The molecule has 0 aliphatic carbocycles. The van der Waals surface area contributed by atoms with Gasteiger partial charge in [0.15, 0.2) is 5.13 Å². The summed E-state index contributed by atoms with van der Waals surface area (Å²) in [5.41, 5.74) is 0.743. The van der Waals surface area contributed by atoms with E-state index in [9.17, 15) is 9.90 Å². The van der Waals surface area contributed by atoms with Gasteiger partial charge in [-0.05, 0) is 24.5 Å². The van der Waals surface area contributed by atoms with Gasteiger partial charge in [0.25, 0.3) is 0 Å². The molecule has 1 aliphatic heterocycles. The van der Waals surface area contributed by atoms with Crippen LogP contribution in [0.15, 0.2) is 0 Å². The van der Waals surface area contributed by atoms with Crippen molar-refractivity contribution >= 4 is 34.2 Å². The summed E-state index contributed by atoms with van der Waals surface area (Å²) in [4.78, 5) is 18.5. The van der Waals surface area contributed by atoms with Gasteiger partial charge in [0, 0.05) is 18.8 Å². The summed E-state index contributed by atoms with van der Waals surface area (Å²) in [6.07, 6.45) is 2.06. The van der Waals surface area contributed by atoms with Crippen LogP contribution in [0.1, 0.15) is 48.0 Å². The Bertz CT molecular complexity index is 455. The number of aromatic carboxylic acids is 1. The van der Waals surface area contributed by atoms with Gasteiger partial charge >= 0.3 is 5.97 Å². The second kappa shape index (κ2) is 6.13. The molecule has 1 aromatic heterocycles. The lowest BCUT2D eigenvalue weighted by atomic mass is 10.0. The highest BCUT2D eigenvalue weighted by molar-refractivity contribution is 7.99. The van der Waals surface area contributed by atoms with Crippen molar-refractivity contribution in [2.45, 2.75) is 38.6 Å². The predicted octanol–water partition coefficient (Wildman–Crippen LogP) is 3.30. The van der Waals surface area contributed by atoms with E-state index in [1.54, 1.807) is 0 Å². The largest absolute Gasteiger partial charge is 0.477 e. The first-order valence-electron chi connectivity index (χ1n) is 6.59. The van der Waals surface area contributed by atoms with Gasteiger partial charge in [-0.2, -0.15) is 11.8 Å². The van der Waals surface area contributed by atoms with Gasteiger partial charge in [-0.3, -0.25) is 0 Å². The maximum Gasteiger partial charge on any atom is 0.347 e. The van der Waals surface area contributed by atoms with Crippen LogP contribution < -0.4 is 4.90 Å². The van der Waals surface area contributed by atoms with Crippen LogP contribution in [0.5, 0.6) is 0 Å². The van der Waals surface area contributed by atoms with Crippen LogP contribution in [0, 0.1) is 0 Å². The summed E-state index contributed by atoms with van der Waals surface area (Å²) in [6.45, 7) is 4.10. The van der Waals surface area contributed by atoms with Gasteiger partial charge in [0.1, 0.15) is 4.88 Å². The lowest BCUT2D eigenvalue weighted by Gasteiger charge is -2.22. The average Bonchev–Trinajstić information content (AvgIpc) is 3.05. The molecular weight excluding hydrogens is 280 g/mol. The Hall–Kier alpha value is -0.750. The van der Waals surface area contributed by atoms with Crippen LogP contribution in [0.3, 0.4) is 0 Å². The quantitative estimate of drug-likeness (QED) is 0.904. The number of aromatic nitrogens is 1. The summed E-state index contributed by atoms with van der Waals surface area (Å²) in [5.74, 6) is 1.64. The minimum atomic E-state index is -0.853. The number of nitrogens with zero attached hydrogens (tertiary/aromatic N) is 2. The number of hydrogen-bond donors (Lipinski definition) is 1. The number of rotatable bonds is 5. The van der Waals surface area contributed by atoms with Crippen LogP contribution in [0.4, 0.5) is 5.13 Å². The molecule has 1 aromatic rings. The smallest absolute Gasteiger partial charge is 0.347 e. The third-order valence-corrected chi connectivity index (χ3v) is 5.97. The van der Waals surface area contributed by atoms with Gasteiger partial charge in [0.2, 0.25) is 0 Å². The van der Waals surface area contributed by atoms with Crippen LogP contribution in [-0.2, 0) is 0 Å². The summed E-state index contributed by atoms with van der Waals surface area (Å²) in [6, 6.07) is 0.488. The summed E-state index contributed by atoms with van der Waals surface area (Å²) in [5, 5.41) is 10.2. The SMILES string of the molecule is CCC(C)c1nc(N(C)C2CCSC2)sc1C(=O)O. The first kappa shape index (κ1) is 14.7. The standard InChI is InChI=1S/C13H20N2O2S2/c1-4-8(2)10-11(12(16)17)19-13(14-10)15(3)9-5-6-18-7-9/h8-9H,4-7H2,1-3H3,(H,16,17). The molecule has 2 unspecified atom stereocenters. The minimum Gasteiger partial charge on any atom is -0.477 e. The molecule has 0 saturated carbocycles. The van der Waals surface area contributed by atoms with E-state index in [-0.39, 0.29) is 5.92 Å². The Morgan fingerprint density at radius 2 is 2.37 bits per heavy atom. The van der Waals surface area contributed by atoms with Crippen molar-refractivity contribution in [3.05, 3.63) is 10.6 Å². The van der Waals surface area contributed by atoms with Crippen molar-refractivity contribution in [1.29, 1.82) is 0 Å². The number of carboxylic acid groups (broad SMARTS) is 1.